The van der Waals surface area contributed by atoms with Crippen molar-refractivity contribution < 1.29 is 9.53 Å². The third-order valence-corrected chi connectivity index (χ3v) is 3.37. The summed E-state index contributed by atoms with van der Waals surface area (Å²) in [4.78, 5) is 12.0. The number of anilines is 1. The van der Waals surface area contributed by atoms with Gasteiger partial charge in [-0.05, 0) is 50.2 Å². The minimum atomic E-state index is 0.0535. The van der Waals surface area contributed by atoms with Gasteiger partial charge >= 0.3 is 0 Å². The van der Waals surface area contributed by atoms with Gasteiger partial charge in [0.2, 0.25) is 5.91 Å². The minimum Gasteiger partial charge on any atom is -0.494 e. The first-order chi connectivity index (χ1) is 8.70. The molecule has 2 rings (SSSR count). The molecule has 1 atom stereocenters. The van der Waals surface area contributed by atoms with Crippen molar-refractivity contribution in [3.05, 3.63) is 24.3 Å². The molecule has 4 nitrogen and oxygen atoms in total. The number of carbonyl (C=O) groups excluding carboxylic acids is 1. The molecule has 0 aliphatic carbocycles. The van der Waals surface area contributed by atoms with E-state index < -0.39 is 0 Å². The van der Waals surface area contributed by atoms with Crippen LogP contribution < -0.4 is 15.4 Å². The second kappa shape index (κ2) is 5.87. The van der Waals surface area contributed by atoms with Gasteiger partial charge in [0.25, 0.3) is 0 Å². The second-order valence-electron chi connectivity index (χ2n) is 4.65. The predicted octanol–water partition coefficient (Wildman–Crippen LogP) is 1.88. The quantitative estimate of drug-likeness (QED) is 0.836. The number of carbonyl (C=O) groups is 1. The number of hydrogen-bond acceptors (Lipinski definition) is 3. The maximum Gasteiger partial charge on any atom is 0.227 e. The SMILES string of the molecule is CCOc1ccc(NC(=O)C(C)C2CNC2)cc1. The molecule has 0 bridgehead atoms. The summed E-state index contributed by atoms with van der Waals surface area (Å²) in [6.07, 6.45) is 0. The fraction of sp³-hybridized carbons (Fsp3) is 0.500. The first kappa shape index (κ1) is 12.9. The van der Waals surface area contributed by atoms with E-state index in [9.17, 15) is 4.79 Å². The number of ether oxygens (including phenoxy) is 1. The zero-order valence-electron chi connectivity index (χ0n) is 10.9. The van der Waals surface area contributed by atoms with Crippen molar-refractivity contribution in [2.75, 3.05) is 25.0 Å². The number of benzene rings is 1. The number of rotatable bonds is 5. The van der Waals surface area contributed by atoms with Gasteiger partial charge in [0.05, 0.1) is 6.61 Å². The van der Waals surface area contributed by atoms with E-state index in [1.54, 1.807) is 0 Å². The van der Waals surface area contributed by atoms with E-state index in [4.69, 9.17) is 4.74 Å². The normalized spacial score (nSPS) is 16.8. The van der Waals surface area contributed by atoms with Crippen LogP contribution in [0.15, 0.2) is 24.3 Å². The average Bonchev–Trinajstić information content (AvgIpc) is 2.29. The molecule has 0 spiro atoms. The molecule has 1 fully saturated rings. The number of amides is 1. The van der Waals surface area contributed by atoms with Gasteiger partial charge in [-0.2, -0.15) is 0 Å². The van der Waals surface area contributed by atoms with Crippen LogP contribution in [0.3, 0.4) is 0 Å². The highest BCUT2D eigenvalue weighted by Gasteiger charge is 2.28. The zero-order chi connectivity index (χ0) is 13.0. The van der Waals surface area contributed by atoms with Gasteiger partial charge in [-0.1, -0.05) is 6.92 Å². The Labute approximate surface area is 108 Å². The molecule has 0 radical (unpaired) electrons. The van der Waals surface area contributed by atoms with Crippen LogP contribution in [-0.2, 0) is 4.79 Å². The zero-order valence-corrected chi connectivity index (χ0v) is 10.9. The Morgan fingerprint density at radius 1 is 1.44 bits per heavy atom. The van der Waals surface area contributed by atoms with Crippen molar-refractivity contribution in [2.45, 2.75) is 13.8 Å². The van der Waals surface area contributed by atoms with Crippen LogP contribution >= 0.6 is 0 Å². The molecule has 0 aromatic heterocycles. The average molecular weight is 248 g/mol. The molecule has 1 aromatic carbocycles. The molecule has 98 valence electrons. The highest BCUT2D eigenvalue weighted by atomic mass is 16.5. The van der Waals surface area contributed by atoms with E-state index in [0.717, 1.165) is 24.5 Å². The molecule has 1 saturated heterocycles. The van der Waals surface area contributed by atoms with E-state index >= 15 is 0 Å². The van der Waals surface area contributed by atoms with E-state index in [-0.39, 0.29) is 11.8 Å². The number of nitrogens with one attached hydrogen (secondary N) is 2. The third kappa shape index (κ3) is 3.01. The molecule has 4 heteroatoms. The van der Waals surface area contributed by atoms with Crippen LogP contribution in [0.5, 0.6) is 5.75 Å². The lowest BCUT2D eigenvalue weighted by Gasteiger charge is -2.31. The van der Waals surface area contributed by atoms with Gasteiger partial charge in [0.1, 0.15) is 5.75 Å². The number of hydrogen-bond donors (Lipinski definition) is 2. The molecule has 1 heterocycles. The Bertz CT molecular complexity index is 399. The Hall–Kier alpha value is -1.55. The molecule has 2 N–H and O–H groups in total. The van der Waals surface area contributed by atoms with Crippen molar-refractivity contribution in [1.82, 2.24) is 5.32 Å². The summed E-state index contributed by atoms with van der Waals surface area (Å²) in [6.45, 7) is 6.46. The van der Waals surface area contributed by atoms with E-state index in [2.05, 4.69) is 10.6 Å². The molecule has 0 saturated carbocycles. The van der Waals surface area contributed by atoms with Crippen molar-refractivity contribution >= 4 is 11.6 Å². The molecular formula is C14H20N2O2. The Morgan fingerprint density at radius 2 is 2.11 bits per heavy atom. The smallest absolute Gasteiger partial charge is 0.227 e. The molecule has 18 heavy (non-hydrogen) atoms. The lowest BCUT2D eigenvalue weighted by atomic mass is 9.88. The summed E-state index contributed by atoms with van der Waals surface area (Å²) >= 11 is 0. The van der Waals surface area contributed by atoms with Crippen LogP contribution in [0, 0.1) is 11.8 Å². The first-order valence-corrected chi connectivity index (χ1v) is 6.45. The molecule has 1 aromatic rings. The van der Waals surface area contributed by atoms with Crippen LogP contribution in [0.25, 0.3) is 0 Å². The standard InChI is InChI=1S/C14H20N2O2/c1-3-18-13-6-4-12(5-7-13)16-14(17)10(2)11-8-15-9-11/h4-7,10-11,15H,3,8-9H2,1-2H3,(H,16,17). The predicted molar refractivity (Wildman–Crippen MR) is 71.8 cm³/mol. The van der Waals surface area contributed by atoms with Gasteiger partial charge < -0.3 is 15.4 Å². The van der Waals surface area contributed by atoms with Gasteiger partial charge in [-0.15, -0.1) is 0 Å². The molecular weight excluding hydrogens is 228 g/mol. The summed E-state index contributed by atoms with van der Waals surface area (Å²) < 4.78 is 5.36. The van der Waals surface area contributed by atoms with Crippen LogP contribution in [0.2, 0.25) is 0 Å². The van der Waals surface area contributed by atoms with Gasteiger partial charge in [-0.3, -0.25) is 4.79 Å². The van der Waals surface area contributed by atoms with Crippen molar-refractivity contribution in [2.24, 2.45) is 11.8 Å². The molecule has 1 aliphatic heterocycles. The summed E-state index contributed by atoms with van der Waals surface area (Å²) in [7, 11) is 0. The highest BCUT2D eigenvalue weighted by Crippen LogP contribution is 2.20. The third-order valence-electron chi connectivity index (χ3n) is 3.37. The van der Waals surface area contributed by atoms with E-state index in [1.807, 2.05) is 38.1 Å². The lowest BCUT2D eigenvalue weighted by molar-refractivity contribution is -0.121. The second-order valence-corrected chi connectivity index (χ2v) is 4.65. The fourth-order valence-electron chi connectivity index (χ4n) is 1.94. The minimum absolute atomic E-state index is 0.0535. The molecule has 1 amide bonds. The highest BCUT2D eigenvalue weighted by molar-refractivity contribution is 5.92. The van der Waals surface area contributed by atoms with Gasteiger partial charge in [0.15, 0.2) is 0 Å². The van der Waals surface area contributed by atoms with Crippen LogP contribution in [0.1, 0.15) is 13.8 Å². The summed E-state index contributed by atoms with van der Waals surface area (Å²) in [5, 5.41) is 6.12. The lowest BCUT2D eigenvalue weighted by Crippen LogP contribution is -2.48. The topological polar surface area (TPSA) is 50.4 Å². The summed E-state index contributed by atoms with van der Waals surface area (Å²) in [6, 6.07) is 7.48. The van der Waals surface area contributed by atoms with Crippen molar-refractivity contribution in [3.8, 4) is 5.75 Å². The van der Waals surface area contributed by atoms with Gasteiger partial charge in [0, 0.05) is 11.6 Å². The summed E-state index contributed by atoms with van der Waals surface area (Å²) in [5.41, 5.74) is 0.822. The Balaban J connectivity index is 1.89. The fourth-order valence-corrected chi connectivity index (χ4v) is 1.94. The summed E-state index contributed by atoms with van der Waals surface area (Å²) in [5.74, 6) is 1.43. The first-order valence-electron chi connectivity index (χ1n) is 6.45. The molecule has 1 aliphatic rings. The maximum absolute atomic E-state index is 12.0. The molecule has 1 unspecified atom stereocenters. The Kier molecular flexibility index (Phi) is 4.20. The van der Waals surface area contributed by atoms with E-state index in [0.29, 0.717) is 12.5 Å². The van der Waals surface area contributed by atoms with Crippen LogP contribution in [-0.4, -0.2) is 25.6 Å². The van der Waals surface area contributed by atoms with Crippen LogP contribution in [0.4, 0.5) is 5.69 Å². The Morgan fingerprint density at radius 3 is 2.61 bits per heavy atom. The van der Waals surface area contributed by atoms with Crippen molar-refractivity contribution in [1.29, 1.82) is 0 Å². The van der Waals surface area contributed by atoms with Gasteiger partial charge in [-0.25, -0.2) is 0 Å². The maximum atomic E-state index is 12.0. The van der Waals surface area contributed by atoms with Crippen molar-refractivity contribution in [3.63, 3.8) is 0 Å². The van der Waals surface area contributed by atoms with E-state index in [1.165, 1.54) is 0 Å². The largest absolute Gasteiger partial charge is 0.494 e. The monoisotopic (exact) mass is 248 g/mol.